The number of aliphatic carboxylic acids is 1. The van der Waals surface area contributed by atoms with Gasteiger partial charge in [-0.3, -0.25) is 14.3 Å². The number of hydrogen-bond donors (Lipinski definition) is 1. The van der Waals surface area contributed by atoms with Gasteiger partial charge in [-0.2, -0.15) is 5.10 Å². The second-order valence-corrected chi connectivity index (χ2v) is 4.08. The lowest BCUT2D eigenvalue weighted by Crippen LogP contribution is -2.37. The van der Waals surface area contributed by atoms with Gasteiger partial charge in [0.15, 0.2) is 0 Å². The van der Waals surface area contributed by atoms with Crippen LogP contribution >= 0.6 is 0 Å². The van der Waals surface area contributed by atoms with Gasteiger partial charge < -0.3 is 10.0 Å². The predicted molar refractivity (Wildman–Crippen MR) is 63.7 cm³/mol. The molecule has 0 aliphatic rings. The van der Waals surface area contributed by atoms with E-state index in [-0.39, 0.29) is 12.5 Å². The van der Waals surface area contributed by atoms with Crippen LogP contribution in [0.4, 0.5) is 0 Å². The topological polar surface area (TPSA) is 88.3 Å². The van der Waals surface area contributed by atoms with Gasteiger partial charge in [0.1, 0.15) is 12.7 Å². The Morgan fingerprint density at radius 1 is 1.50 bits per heavy atom. The van der Waals surface area contributed by atoms with Crippen molar-refractivity contribution in [3.8, 4) is 0 Å². The third-order valence-electron chi connectivity index (χ3n) is 2.67. The van der Waals surface area contributed by atoms with E-state index < -0.39 is 11.9 Å². The molecule has 0 saturated heterocycles. The fourth-order valence-electron chi connectivity index (χ4n) is 1.53. The van der Waals surface area contributed by atoms with Gasteiger partial charge >= 0.3 is 5.97 Å². The number of aryl methyl sites for hydroxylation is 1. The summed E-state index contributed by atoms with van der Waals surface area (Å²) in [6.45, 7) is 4.63. The SMILES string of the molecule is CCN(CC(C)C(=O)O)C(=O)CCn1cncn1. The number of hydrogen-bond acceptors (Lipinski definition) is 4. The molecule has 1 amide bonds. The molecule has 0 radical (unpaired) electrons. The van der Waals surface area contributed by atoms with Gasteiger partial charge in [0, 0.05) is 19.5 Å². The fraction of sp³-hybridized carbons (Fsp3) is 0.636. The molecule has 0 fully saturated rings. The van der Waals surface area contributed by atoms with E-state index in [0.717, 1.165) is 0 Å². The van der Waals surface area contributed by atoms with Gasteiger partial charge in [-0.15, -0.1) is 0 Å². The Balaban J connectivity index is 2.44. The maximum absolute atomic E-state index is 11.9. The van der Waals surface area contributed by atoms with Crippen LogP contribution in [-0.4, -0.2) is 49.7 Å². The maximum atomic E-state index is 11.9. The van der Waals surface area contributed by atoms with E-state index in [9.17, 15) is 9.59 Å². The van der Waals surface area contributed by atoms with E-state index in [1.165, 1.54) is 6.33 Å². The van der Waals surface area contributed by atoms with Crippen LogP contribution in [0.25, 0.3) is 0 Å². The van der Waals surface area contributed by atoms with Crippen molar-refractivity contribution < 1.29 is 14.7 Å². The number of nitrogens with zero attached hydrogens (tertiary/aromatic N) is 4. The first-order chi connectivity index (χ1) is 8.54. The van der Waals surface area contributed by atoms with Crippen molar-refractivity contribution in [1.29, 1.82) is 0 Å². The van der Waals surface area contributed by atoms with E-state index in [4.69, 9.17) is 5.11 Å². The molecule has 18 heavy (non-hydrogen) atoms. The lowest BCUT2D eigenvalue weighted by molar-refractivity contribution is -0.143. The number of aromatic nitrogens is 3. The Labute approximate surface area is 105 Å². The molecule has 0 aromatic carbocycles. The normalized spacial score (nSPS) is 12.1. The van der Waals surface area contributed by atoms with E-state index in [1.54, 1.807) is 22.8 Å². The zero-order valence-electron chi connectivity index (χ0n) is 10.6. The Hall–Kier alpha value is -1.92. The summed E-state index contributed by atoms with van der Waals surface area (Å²) in [7, 11) is 0. The first kappa shape index (κ1) is 14.1. The standard InChI is InChI=1S/C11H18N4O3/c1-3-14(6-9(2)11(17)18)10(16)4-5-15-8-12-7-13-15/h7-9H,3-6H2,1-2H3,(H,17,18). The molecule has 1 rings (SSSR count). The number of carboxylic acids is 1. The molecule has 1 N–H and O–H groups in total. The smallest absolute Gasteiger partial charge is 0.308 e. The van der Waals surface area contributed by atoms with Gasteiger partial charge in [-0.1, -0.05) is 6.92 Å². The lowest BCUT2D eigenvalue weighted by atomic mass is 10.1. The highest BCUT2D eigenvalue weighted by Crippen LogP contribution is 2.03. The molecule has 0 saturated carbocycles. The first-order valence-corrected chi connectivity index (χ1v) is 5.87. The molecule has 0 bridgehead atoms. The first-order valence-electron chi connectivity index (χ1n) is 5.87. The highest BCUT2D eigenvalue weighted by atomic mass is 16.4. The van der Waals surface area contributed by atoms with E-state index in [2.05, 4.69) is 10.1 Å². The number of rotatable bonds is 7. The van der Waals surface area contributed by atoms with Crippen LogP contribution in [0.1, 0.15) is 20.3 Å². The molecule has 1 aromatic heterocycles. The van der Waals surface area contributed by atoms with Crippen molar-refractivity contribution in [3.63, 3.8) is 0 Å². The molecule has 7 nitrogen and oxygen atoms in total. The quantitative estimate of drug-likeness (QED) is 0.752. The van der Waals surface area contributed by atoms with Crippen LogP contribution in [0.3, 0.4) is 0 Å². The number of amides is 1. The summed E-state index contributed by atoms with van der Waals surface area (Å²) < 4.78 is 1.58. The van der Waals surface area contributed by atoms with Crippen molar-refractivity contribution in [2.75, 3.05) is 13.1 Å². The second kappa shape index (κ2) is 6.73. The van der Waals surface area contributed by atoms with Crippen molar-refractivity contribution in [3.05, 3.63) is 12.7 Å². The second-order valence-electron chi connectivity index (χ2n) is 4.08. The van der Waals surface area contributed by atoms with Crippen molar-refractivity contribution in [2.24, 2.45) is 5.92 Å². The monoisotopic (exact) mass is 254 g/mol. The van der Waals surface area contributed by atoms with Gasteiger partial charge in [-0.25, -0.2) is 4.98 Å². The van der Waals surface area contributed by atoms with Gasteiger partial charge in [-0.05, 0) is 6.92 Å². The molecular formula is C11H18N4O3. The third-order valence-corrected chi connectivity index (χ3v) is 2.67. The summed E-state index contributed by atoms with van der Waals surface area (Å²) in [5, 5.41) is 12.7. The summed E-state index contributed by atoms with van der Waals surface area (Å²) in [6, 6.07) is 0. The fourth-order valence-corrected chi connectivity index (χ4v) is 1.53. The Bertz CT molecular complexity index is 391. The number of carbonyl (C=O) groups excluding carboxylic acids is 1. The Kier molecular flexibility index (Phi) is 5.29. The number of carboxylic acid groups (broad SMARTS) is 1. The predicted octanol–water partition coefficient (Wildman–Crippen LogP) is 0.237. The van der Waals surface area contributed by atoms with Crippen LogP contribution in [0.5, 0.6) is 0 Å². The number of carbonyl (C=O) groups is 2. The van der Waals surface area contributed by atoms with Crippen LogP contribution in [0.2, 0.25) is 0 Å². The highest BCUT2D eigenvalue weighted by molar-refractivity contribution is 5.77. The molecule has 1 atom stereocenters. The van der Waals surface area contributed by atoms with Crippen molar-refractivity contribution in [1.82, 2.24) is 19.7 Å². The molecule has 7 heteroatoms. The largest absolute Gasteiger partial charge is 0.481 e. The zero-order chi connectivity index (χ0) is 13.5. The molecule has 1 heterocycles. The van der Waals surface area contributed by atoms with E-state index in [0.29, 0.717) is 19.5 Å². The molecule has 100 valence electrons. The minimum absolute atomic E-state index is 0.0684. The van der Waals surface area contributed by atoms with Crippen molar-refractivity contribution >= 4 is 11.9 Å². The van der Waals surface area contributed by atoms with Crippen LogP contribution in [0.15, 0.2) is 12.7 Å². The summed E-state index contributed by atoms with van der Waals surface area (Å²) in [5.41, 5.74) is 0. The molecular weight excluding hydrogens is 236 g/mol. The van der Waals surface area contributed by atoms with Crippen LogP contribution in [0, 0.1) is 5.92 Å². The summed E-state index contributed by atoms with van der Waals surface area (Å²) >= 11 is 0. The summed E-state index contributed by atoms with van der Waals surface area (Å²) in [5.74, 6) is -1.51. The molecule has 1 unspecified atom stereocenters. The van der Waals surface area contributed by atoms with E-state index >= 15 is 0 Å². The Morgan fingerprint density at radius 3 is 2.72 bits per heavy atom. The molecule has 1 aromatic rings. The van der Waals surface area contributed by atoms with E-state index in [1.807, 2.05) is 6.92 Å². The molecule has 0 aliphatic carbocycles. The summed E-state index contributed by atoms with van der Waals surface area (Å²) in [6.07, 6.45) is 3.25. The minimum Gasteiger partial charge on any atom is -0.481 e. The Morgan fingerprint density at radius 2 is 2.22 bits per heavy atom. The minimum atomic E-state index is -0.891. The zero-order valence-corrected chi connectivity index (χ0v) is 10.6. The lowest BCUT2D eigenvalue weighted by Gasteiger charge is -2.22. The molecule has 0 spiro atoms. The average molecular weight is 254 g/mol. The van der Waals surface area contributed by atoms with Crippen LogP contribution in [-0.2, 0) is 16.1 Å². The maximum Gasteiger partial charge on any atom is 0.308 e. The summed E-state index contributed by atoms with van der Waals surface area (Å²) in [4.78, 5) is 28.0. The molecule has 0 aliphatic heterocycles. The highest BCUT2D eigenvalue weighted by Gasteiger charge is 2.18. The van der Waals surface area contributed by atoms with Gasteiger partial charge in [0.2, 0.25) is 5.91 Å². The average Bonchev–Trinajstić information content (AvgIpc) is 2.85. The van der Waals surface area contributed by atoms with Gasteiger partial charge in [0.25, 0.3) is 0 Å². The van der Waals surface area contributed by atoms with Crippen LogP contribution < -0.4 is 0 Å². The van der Waals surface area contributed by atoms with Crippen molar-refractivity contribution in [2.45, 2.75) is 26.8 Å². The third kappa shape index (κ3) is 4.15. The van der Waals surface area contributed by atoms with Gasteiger partial charge in [0.05, 0.1) is 12.5 Å².